The van der Waals surface area contributed by atoms with Crippen LogP contribution in [0.1, 0.15) is 30.7 Å². The molecule has 3 aromatic rings. The summed E-state index contributed by atoms with van der Waals surface area (Å²) in [5, 5.41) is 11.5. The van der Waals surface area contributed by atoms with Gasteiger partial charge >= 0.3 is 6.03 Å². The molecule has 3 N–H and O–H groups in total. The zero-order valence-corrected chi connectivity index (χ0v) is 20.2. The smallest absolute Gasteiger partial charge is 0.321 e. The molecule has 0 saturated carbocycles. The van der Waals surface area contributed by atoms with Crippen LogP contribution in [-0.4, -0.2) is 37.2 Å². The van der Waals surface area contributed by atoms with Crippen molar-refractivity contribution in [1.29, 1.82) is 0 Å². The van der Waals surface area contributed by atoms with Crippen LogP contribution in [0.2, 0.25) is 5.02 Å². The number of aromatic nitrogens is 1. The monoisotopic (exact) mass is 487 g/mol. The van der Waals surface area contributed by atoms with Crippen LogP contribution in [0.3, 0.4) is 0 Å². The first-order valence-electron chi connectivity index (χ1n) is 10.8. The van der Waals surface area contributed by atoms with Crippen molar-refractivity contribution in [3.63, 3.8) is 0 Å². The highest BCUT2D eigenvalue weighted by Gasteiger charge is 2.27. The van der Waals surface area contributed by atoms with E-state index in [1.165, 1.54) is 23.1 Å². The van der Waals surface area contributed by atoms with E-state index in [-0.39, 0.29) is 11.1 Å². The zero-order valence-electron chi connectivity index (χ0n) is 18.6. The van der Waals surface area contributed by atoms with Gasteiger partial charge in [0, 0.05) is 49.2 Å². The molecule has 174 valence electrons. The normalized spacial score (nSPS) is 14.2. The van der Waals surface area contributed by atoms with Crippen LogP contribution in [0.4, 0.5) is 20.0 Å². The summed E-state index contributed by atoms with van der Waals surface area (Å²) in [5.41, 5.74) is 3.19. The number of urea groups is 1. The van der Waals surface area contributed by atoms with Crippen molar-refractivity contribution >= 4 is 39.8 Å². The lowest BCUT2D eigenvalue weighted by Crippen LogP contribution is -2.43. The van der Waals surface area contributed by atoms with Crippen LogP contribution in [0, 0.1) is 5.82 Å². The molecule has 1 saturated heterocycles. The van der Waals surface area contributed by atoms with E-state index in [4.69, 9.17) is 11.6 Å². The molecule has 0 radical (unpaired) electrons. The molecular weight excluding hydrogens is 461 g/mol. The Bertz CT molecular complexity index is 1110. The Hall–Kier alpha value is -2.68. The summed E-state index contributed by atoms with van der Waals surface area (Å²) in [6.45, 7) is 8.32. The van der Waals surface area contributed by atoms with Gasteiger partial charge in [0.2, 0.25) is 0 Å². The van der Waals surface area contributed by atoms with Gasteiger partial charge in [0.05, 0.1) is 10.7 Å². The highest BCUT2D eigenvalue weighted by molar-refractivity contribution is 7.13. The molecule has 2 aromatic carbocycles. The summed E-state index contributed by atoms with van der Waals surface area (Å²) < 4.78 is 13.9. The number of hydrogen-bond donors (Lipinski definition) is 3. The Morgan fingerprint density at radius 2 is 1.94 bits per heavy atom. The van der Waals surface area contributed by atoms with Crippen LogP contribution in [0.15, 0.2) is 47.8 Å². The molecule has 1 aliphatic heterocycles. The molecule has 0 spiro atoms. The number of rotatable bonds is 6. The van der Waals surface area contributed by atoms with Gasteiger partial charge < -0.3 is 15.5 Å². The number of halogens is 2. The maximum atomic E-state index is 13.9. The highest BCUT2D eigenvalue weighted by Crippen LogP contribution is 2.34. The third-order valence-electron chi connectivity index (χ3n) is 5.88. The number of anilines is 2. The first-order chi connectivity index (χ1) is 15.8. The largest absolute Gasteiger partial charge is 0.369 e. The molecule has 1 aromatic heterocycles. The van der Waals surface area contributed by atoms with Crippen molar-refractivity contribution in [2.75, 3.05) is 36.4 Å². The second-order valence-electron chi connectivity index (χ2n) is 8.50. The Labute approximate surface area is 202 Å². The van der Waals surface area contributed by atoms with Gasteiger partial charge in [-0.25, -0.2) is 14.2 Å². The van der Waals surface area contributed by atoms with Crippen molar-refractivity contribution in [2.24, 2.45) is 0 Å². The van der Waals surface area contributed by atoms with E-state index in [0.717, 1.165) is 43.0 Å². The molecular formula is C24H27ClFN5OS. The number of nitrogens with one attached hydrogen (secondary N) is 3. The quantitative estimate of drug-likeness (QED) is 0.458. The summed E-state index contributed by atoms with van der Waals surface area (Å²) in [5.74, 6) is -0.462. The minimum atomic E-state index is -0.537. The molecule has 0 aliphatic carbocycles. The molecule has 6 nitrogen and oxygen atoms in total. The Morgan fingerprint density at radius 3 is 2.64 bits per heavy atom. The minimum Gasteiger partial charge on any atom is -0.369 e. The molecule has 0 unspecified atom stereocenters. The maximum absolute atomic E-state index is 13.9. The van der Waals surface area contributed by atoms with Gasteiger partial charge in [0.15, 0.2) is 5.13 Å². The fraction of sp³-hybridized carbons (Fsp3) is 0.333. The fourth-order valence-corrected chi connectivity index (χ4v) is 4.71. The van der Waals surface area contributed by atoms with Crippen LogP contribution < -0.4 is 20.9 Å². The molecule has 1 fully saturated rings. The van der Waals surface area contributed by atoms with Crippen LogP contribution in [0.25, 0.3) is 0 Å². The van der Waals surface area contributed by atoms with E-state index < -0.39 is 11.2 Å². The molecule has 9 heteroatoms. The van der Waals surface area contributed by atoms with Crippen molar-refractivity contribution < 1.29 is 9.18 Å². The summed E-state index contributed by atoms with van der Waals surface area (Å²) in [6, 6.07) is 12.7. The van der Waals surface area contributed by atoms with Crippen LogP contribution >= 0.6 is 22.9 Å². The molecule has 33 heavy (non-hydrogen) atoms. The second-order valence-corrected chi connectivity index (χ2v) is 9.77. The molecule has 2 amide bonds. The number of hydrogen-bond acceptors (Lipinski definition) is 5. The van der Waals surface area contributed by atoms with Crippen molar-refractivity contribution in [3.05, 3.63) is 75.5 Å². The van der Waals surface area contributed by atoms with Gasteiger partial charge in [-0.15, -0.1) is 11.3 Å². The summed E-state index contributed by atoms with van der Waals surface area (Å²) in [4.78, 5) is 19.3. The lowest BCUT2D eigenvalue weighted by molar-refractivity contribution is 0.251. The summed E-state index contributed by atoms with van der Waals surface area (Å²) in [7, 11) is 0. The van der Waals surface area contributed by atoms with Gasteiger partial charge in [0.1, 0.15) is 5.82 Å². The van der Waals surface area contributed by atoms with E-state index in [0.29, 0.717) is 11.7 Å². The summed E-state index contributed by atoms with van der Waals surface area (Å²) in [6.07, 6.45) is 0. The molecule has 0 bridgehead atoms. The Balaban J connectivity index is 1.32. The van der Waals surface area contributed by atoms with Crippen molar-refractivity contribution in [2.45, 2.75) is 25.8 Å². The average molecular weight is 488 g/mol. The van der Waals surface area contributed by atoms with E-state index >= 15 is 0 Å². The Morgan fingerprint density at radius 1 is 1.21 bits per heavy atom. The number of carbonyl (C=O) groups excluding carboxylic acids is 1. The van der Waals surface area contributed by atoms with E-state index in [1.807, 2.05) is 31.4 Å². The number of carbonyl (C=O) groups is 1. The third kappa shape index (κ3) is 5.63. The number of amides is 2. The second kappa shape index (κ2) is 10.1. The number of piperazine rings is 1. The van der Waals surface area contributed by atoms with Crippen molar-refractivity contribution in [3.8, 4) is 0 Å². The zero-order chi connectivity index (χ0) is 23.4. The summed E-state index contributed by atoms with van der Waals surface area (Å²) >= 11 is 7.14. The molecule has 2 heterocycles. The van der Waals surface area contributed by atoms with Crippen LogP contribution in [0.5, 0.6) is 0 Å². The van der Waals surface area contributed by atoms with Gasteiger partial charge in [-0.3, -0.25) is 5.32 Å². The van der Waals surface area contributed by atoms with Gasteiger partial charge in [-0.2, -0.15) is 0 Å². The number of benzene rings is 2. The van der Waals surface area contributed by atoms with Gasteiger partial charge in [-0.1, -0.05) is 43.6 Å². The van der Waals surface area contributed by atoms with E-state index in [9.17, 15) is 9.18 Å². The molecule has 4 rings (SSSR count). The number of nitrogens with zero attached hydrogens (tertiary/aromatic N) is 2. The predicted octanol–water partition coefficient (Wildman–Crippen LogP) is 4.99. The van der Waals surface area contributed by atoms with Gasteiger partial charge in [-0.05, 0) is 35.4 Å². The lowest BCUT2D eigenvalue weighted by Gasteiger charge is -2.29. The Kier molecular flexibility index (Phi) is 7.17. The molecule has 1 aliphatic rings. The van der Waals surface area contributed by atoms with Crippen molar-refractivity contribution in [1.82, 2.24) is 15.6 Å². The van der Waals surface area contributed by atoms with E-state index in [2.05, 4.69) is 38.0 Å². The maximum Gasteiger partial charge on any atom is 0.321 e. The first-order valence-corrected chi connectivity index (χ1v) is 12.1. The standard InChI is InChI=1S/C24H27ClFN5OS/c1-24(2,17-5-8-19(25)20(26)13-17)21-15-33-23(29-21)30-22(32)28-14-16-3-6-18(7-4-16)31-11-9-27-10-12-31/h3-8,13,15,27H,9-12,14H2,1-2H3,(H2,28,29,30,32). The van der Waals surface area contributed by atoms with Gasteiger partial charge in [0.25, 0.3) is 0 Å². The first kappa shape index (κ1) is 23.5. The van der Waals surface area contributed by atoms with Crippen LogP contribution in [-0.2, 0) is 12.0 Å². The minimum absolute atomic E-state index is 0.0882. The lowest BCUT2D eigenvalue weighted by atomic mass is 9.82. The SMILES string of the molecule is CC(C)(c1ccc(Cl)c(F)c1)c1csc(NC(=O)NCc2ccc(N3CCNCC3)cc2)n1. The predicted molar refractivity (Wildman–Crippen MR) is 133 cm³/mol. The third-order valence-corrected chi connectivity index (χ3v) is 6.94. The highest BCUT2D eigenvalue weighted by atomic mass is 35.5. The fourth-order valence-electron chi connectivity index (χ4n) is 3.72. The van der Waals surface area contributed by atoms with E-state index in [1.54, 1.807) is 12.1 Å². The number of thiazole rings is 1. The molecule has 0 atom stereocenters. The average Bonchev–Trinajstić information content (AvgIpc) is 3.29. The topological polar surface area (TPSA) is 69.3 Å².